The topological polar surface area (TPSA) is 132 Å². The lowest BCUT2D eigenvalue weighted by Crippen LogP contribution is -2.75. The van der Waals surface area contributed by atoms with Gasteiger partial charge < -0.3 is 25.6 Å². The van der Waals surface area contributed by atoms with Crippen LogP contribution in [0.15, 0.2) is 24.5 Å². The zero-order valence-corrected chi connectivity index (χ0v) is 17.8. The summed E-state index contributed by atoms with van der Waals surface area (Å²) in [4.78, 5) is 12.8. The van der Waals surface area contributed by atoms with Crippen molar-refractivity contribution in [3.63, 3.8) is 0 Å². The second-order valence-electron chi connectivity index (χ2n) is 8.08. The minimum Gasteiger partial charge on any atom is -0.452 e. The Morgan fingerprint density at radius 2 is 2.06 bits per heavy atom. The number of benzene rings is 1. The Labute approximate surface area is 189 Å². The van der Waals surface area contributed by atoms with Gasteiger partial charge in [0.05, 0.1) is 23.0 Å². The molecule has 2 saturated heterocycles. The molecule has 0 radical (unpaired) electrons. The van der Waals surface area contributed by atoms with Gasteiger partial charge in [-0.3, -0.25) is 11.1 Å². The van der Waals surface area contributed by atoms with Gasteiger partial charge in [-0.2, -0.15) is 13.2 Å². The predicted molar refractivity (Wildman–Crippen MR) is 106 cm³/mol. The van der Waals surface area contributed by atoms with Gasteiger partial charge in [-0.05, 0) is 19.1 Å². The van der Waals surface area contributed by atoms with E-state index in [1.807, 2.05) is 0 Å². The molecule has 2 unspecified atom stereocenters. The van der Waals surface area contributed by atoms with E-state index in [0.29, 0.717) is 12.1 Å². The highest BCUT2D eigenvalue weighted by molar-refractivity contribution is 6.31. The van der Waals surface area contributed by atoms with Crippen LogP contribution in [-0.2, 0) is 10.9 Å². The Morgan fingerprint density at radius 1 is 1.39 bits per heavy atom. The molecular weight excluding hydrogens is 474 g/mol. The molecule has 3 aliphatic rings. The second kappa shape index (κ2) is 7.64. The molecule has 1 aromatic rings. The van der Waals surface area contributed by atoms with Crippen LogP contribution >= 0.6 is 11.6 Å². The largest absolute Gasteiger partial charge is 0.452 e. The predicted octanol–water partition coefficient (Wildman–Crippen LogP) is -0.194. The molecule has 1 aromatic carbocycles. The molecule has 0 aliphatic carbocycles. The number of hydrogen-bond donors (Lipinski definition) is 6. The quantitative estimate of drug-likeness (QED) is 0.194. The Bertz CT molecular complexity index is 1070. The van der Waals surface area contributed by atoms with Crippen molar-refractivity contribution in [2.45, 2.75) is 49.1 Å². The van der Waals surface area contributed by atoms with Gasteiger partial charge in [0, 0.05) is 0 Å². The summed E-state index contributed by atoms with van der Waals surface area (Å²) in [7, 11) is 0. The van der Waals surface area contributed by atoms with Crippen LogP contribution in [0.5, 0.6) is 0 Å². The van der Waals surface area contributed by atoms with Crippen molar-refractivity contribution >= 4 is 23.5 Å². The number of carbonyl (C=O) groups is 1. The number of aliphatic hydroxyl groups is 2. The first-order chi connectivity index (χ1) is 15.3. The third-order valence-electron chi connectivity index (χ3n) is 6.24. The van der Waals surface area contributed by atoms with E-state index in [2.05, 4.69) is 22.5 Å². The minimum absolute atomic E-state index is 0.0179. The number of nitrogens with two attached hydrogens (primary N) is 1. The Morgan fingerprint density at radius 3 is 2.67 bits per heavy atom. The van der Waals surface area contributed by atoms with Crippen LogP contribution in [0.1, 0.15) is 22.8 Å². The van der Waals surface area contributed by atoms with Crippen LogP contribution in [0.2, 0.25) is 5.02 Å². The summed E-state index contributed by atoms with van der Waals surface area (Å²) >= 11 is 5.61. The number of guanidine groups is 1. The molecule has 6 atom stereocenters. The van der Waals surface area contributed by atoms with Crippen LogP contribution in [0.4, 0.5) is 17.6 Å². The van der Waals surface area contributed by atoms with Gasteiger partial charge in [0.2, 0.25) is 5.66 Å². The van der Waals surface area contributed by atoms with Crippen LogP contribution in [0.25, 0.3) is 0 Å². The van der Waals surface area contributed by atoms with Gasteiger partial charge >= 0.3 is 18.1 Å². The Kier molecular flexibility index (Phi) is 5.41. The maximum absolute atomic E-state index is 14.5. The molecule has 4 rings (SSSR count). The molecule has 0 saturated carbocycles. The van der Waals surface area contributed by atoms with E-state index < -0.39 is 76.7 Å². The summed E-state index contributed by atoms with van der Waals surface area (Å²) in [6, 6.07) is -1.13. The molecule has 3 heterocycles. The Balaban J connectivity index is 1.75. The maximum Gasteiger partial charge on any atom is 0.417 e. The fraction of sp³-hybridized carbons (Fsp3) is 0.474. The summed E-state index contributed by atoms with van der Waals surface area (Å²) < 4.78 is 61.5. The molecule has 2 fully saturated rings. The summed E-state index contributed by atoms with van der Waals surface area (Å²) in [6.07, 6.45) is -8.08. The van der Waals surface area contributed by atoms with Gasteiger partial charge in [-0.1, -0.05) is 18.2 Å². The highest BCUT2D eigenvalue weighted by Gasteiger charge is 2.70. The highest BCUT2D eigenvalue weighted by atomic mass is 35.5. The van der Waals surface area contributed by atoms with Crippen LogP contribution in [0, 0.1) is 5.82 Å². The number of carbonyl (C=O) groups excluding carboxylic acids is 1. The number of esters is 1. The average Bonchev–Trinajstić information content (AvgIpc) is 3.17. The zero-order valence-electron chi connectivity index (χ0n) is 17.1. The van der Waals surface area contributed by atoms with Crippen LogP contribution in [0.3, 0.4) is 0 Å². The summed E-state index contributed by atoms with van der Waals surface area (Å²) in [5.74, 6) is -2.95. The lowest BCUT2D eigenvalue weighted by molar-refractivity contribution is -0.635. The number of nitrogens with zero attached hydrogens (tertiary/aromatic N) is 1. The monoisotopic (exact) mass is 494 g/mol. The third kappa shape index (κ3) is 3.28. The molecule has 0 bridgehead atoms. The van der Waals surface area contributed by atoms with E-state index in [1.165, 1.54) is 11.5 Å². The van der Waals surface area contributed by atoms with Crippen LogP contribution < -0.4 is 21.7 Å². The first-order valence-corrected chi connectivity index (χ1v) is 10.2. The van der Waals surface area contributed by atoms with E-state index in [1.54, 1.807) is 0 Å². The second-order valence-corrected chi connectivity index (χ2v) is 8.48. The third-order valence-corrected chi connectivity index (χ3v) is 6.53. The molecule has 33 heavy (non-hydrogen) atoms. The van der Waals surface area contributed by atoms with Gasteiger partial charge in [-0.25, -0.2) is 13.8 Å². The molecule has 14 heteroatoms. The van der Waals surface area contributed by atoms with Gasteiger partial charge in [-0.15, -0.1) is 0 Å². The van der Waals surface area contributed by atoms with E-state index in [0.717, 1.165) is 0 Å². The van der Waals surface area contributed by atoms with Crippen molar-refractivity contribution < 1.29 is 41.9 Å². The average molecular weight is 495 g/mol. The van der Waals surface area contributed by atoms with Crippen molar-refractivity contribution in [1.82, 2.24) is 16.0 Å². The molecule has 0 amide bonds. The minimum atomic E-state index is -5.06. The normalized spacial score (nSPS) is 33.1. The van der Waals surface area contributed by atoms with Gasteiger partial charge in [0.25, 0.3) is 0 Å². The maximum atomic E-state index is 14.5. The molecule has 180 valence electrons. The van der Waals surface area contributed by atoms with Crippen molar-refractivity contribution in [2.75, 3.05) is 6.61 Å². The van der Waals surface area contributed by atoms with Crippen molar-refractivity contribution in [3.8, 4) is 0 Å². The van der Waals surface area contributed by atoms with E-state index in [4.69, 9.17) is 22.1 Å². The van der Waals surface area contributed by atoms with E-state index in [9.17, 15) is 32.6 Å². The smallest absolute Gasteiger partial charge is 0.417 e. The number of rotatable bonds is 3. The molecular formula is C19H21ClF4N5O4+. The van der Waals surface area contributed by atoms with Crippen molar-refractivity contribution in [3.05, 3.63) is 46.5 Å². The lowest BCUT2D eigenvalue weighted by atomic mass is 9.89. The molecule has 0 aromatic heterocycles. The summed E-state index contributed by atoms with van der Waals surface area (Å²) in [6.45, 7) is 4.89. The van der Waals surface area contributed by atoms with E-state index >= 15 is 0 Å². The number of alkyl halides is 3. The van der Waals surface area contributed by atoms with Crippen LogP contribution in [-0.4, -0.2) is 69.3 Å². The SMILES string of the molecule is C=C1NC2[C@H](CO)NC(N)=[N+]3[C@@H](C)[C@H](OC(=O)c4c(C(F)(F)F)ccc(Cl)c4F)[C@@H](O)C23N1. The number of hydrogen-bond acceptors (Lipinski definition) is 8. The first kappa shape index (κ1) is 23.4. The van der Waals surface area contributed by atoms with Crippen molar-refractivity contribution in [1.29, 1.82) is 0 Å². The number of ether oxygens (including phenoxy) is 1. The number of halogens is 5. The molecule has 9 nitrogen and oxygen atoms in total. The number of nitrogens with one attached hydrogen (secondary N) is 3. The Hall–Kier alpha value is -2.77. The van der Waals surface area contributed by atoms with Gasteiger partial charge in [0.15, 0.2) is 18.0 Å². The molecule has 3 aliphatic heterocycles. The molecule has 7 N–H and O–H groups in total. The zero-order chi connectivity index (χ0) is 24.5. The first-order valence-electron chi connectivity index (χ1n) is 9.81. The van der Waals surface area contributed by atoms with Crippen molar-refractivity contribution in [2.24, 2.45) is 5.73 Å². The van der Waals surface area contributed by atoms with Gasteiger partial charge in [0.1, 0.15) is 23.7 Å². The lowest BCUT2D eigenvalue weighted by Gasteiger charge is -2.40. The number of aliphatic hydroxyl groups excluding tert-OH is 2. The highest BCUT2D eigenvalue weighted by Crippen LogP contribution is 2.41. The fourth-order valence-electron chi connectivity index (χ4n) is 4.91. The fourth-order valence-corrected chi connectivity index (χ4v) is 5.07. The molecule has 1 spiro atoms. The summed E-state index contributed by atoms with van der Waals surface area (Å²) in [5.41, 5.74) is 1.70. The standard InChI is InChI=1S/C19H20ClF4N5O4/c1-6-13(33-16(32)11-8(19(22,23)24)3-4-9(20)12(11)21)15(31)18-14(26-7(2)28-18)10(5-30)27-17(25)29(6)18/h3-4,6,10,13-15,26,28,30-31H,2,5H2,1H3,(H2,25,27)/p+1/t6-,10-,13-,14?,15+,18?/m0/s1. The van der Waals surface area contributed by atoms with E-state index in [-0.39, 0.29) is 11.8 Å². The summed E-state index contributed by atoms with van der Waals surface area (Å²) in [5, 5.41) is 29.1.